The normalized spacial score (nSPS) is 40.9. The van der Waals surface area contributed by atoms with E-state index in [2.05, 4.69) is 24.5 Å². The van der Waals surface area contributed by atoms with Gasteiger partial charge in [0.05, 0.1) is 0 Å². The molecule has 0 radical (unpaired) electrons. The van der Waals surface area contributed by atoms with Crippen molar-refractivity contribution in [3.63, 3.8) is 0 Å². The van der Waals surface area contributed by atoms with E-state index in [0.717, 1.165) is 11.6 Å². The molecule has 0 spiro atoms. The maximum atomic E-state index is 13.0. The first kappa shape index (κ1) is 15.4. The number of halogens is 1. The Bertz CT molecular complexity index is 623. The topological polar surface area (TPSA) is 24.1 Å². The zero-order chi connectivity index (χ0) is 16.3. The standard InChI is InChI=1S/C19H25FN2S/c1-17-7-13-8-18(2,10-17)12-19(9-13,11-17)22-16(23)21-15-5-3-14(20)4-6-15/h3-6,13H,7-12H2,1-2H3,(H2,21,22,23). The van der Waals surface area contributed by atoms with Crippen LogP contribution in [0.3, 0.4) is 0 Å². The molecule has 0 amide bonds. The van der Waals surface area contributed by atoms with E-state index in [1.807, 2.05) is 0 Å². The minimum Gasteiger partial charge on any atom is -0.357 e. The molecule has 2 nitrogen and oxygen atoms in total. The number of anilines is 1. The lowest BCUT2D eigenvalue weighted by molar-refractivity contribution is -0.111. The Balaban J connectivity index is 1.49. The third kappa shape index (κ3) is 2.86. The second kappa shape index (κ2) is 4.92. The fourth-order valence-electron chi connectivity index (χ4n) is 6.52. The highest BCUT2D eigenvalue weighted by atomic mass is 32.1. The van der Waals surface area contributed by atoms with Crippen LogP contribution in [0.25, 0.3) is 0 Å². The lowest BCUT2D eigenvalue weighted by Crippen LogP contribution is -2.65. The van der Waals surface area contributed by atoms with Gasteiger partial charge in [0, 0.05) is 11.2 Å². The van der Waals surface area contributed by atoms with Crippen molar-refractivity contribution >= 4 is 23.0 Å². The Hall–Kier alpha value is -1.16. The second-order valence-electron chi connectivity index (χ2n) is 9.00. The van der Waals surface area contributed by atoms with Crippen LogP contribution in [-0.2, 0) is 0 Å². The number of nitrogens with one attached hydrogen (secondary N) is 2. The molecule has 0 saturated heterocycles. The summed E-state index contributed by atoms with van der Waals surface area (Å²) in [5.41, 5.74) is 1.91. The molecule has 124 valence electrons. The summed E-state index contributed by atoms with van der Waals surface area (Å²) in [6.45, 7) is 4.92. The first-order valence-corrected chi connectivity index (χ1v) is 9.03. The van der Waals surface area contributed by atoms with Crippen molar-refractivity contribution in [2.75, 3.05) is 5.32 Å². The molecular formula is C19H25FN2S. The van der Waals surface area contributed by atoms with Crippen LogP contribution >= 0.6 is 12.2 Å². The SMILES string of the molecule is CC12CC3CC(C)(C1)CC(NC(=S)Nc1ccc(F)cc1)(C3)C2. The predicted molar refractivity (Wildman–Crippen MR) is 95.9 cm³/mol. The Morgan fingerprint density at radius 1 is 1.04 bits per heavy atom. The molecule has 23 heavy (non-hydrogen) atoms. The van der Waals surface area contributed by atoms with Gasteiger partial charge in [-0.05, 0) is 91.8 Å². The molecule has 2 unspecified atom stereocenters. The van der Waals surface area contributed by atoms with Gasteiger partial charge < -0.3 is 10.6 Å². The molecule has 2 atom stereocenters. The molecule has 0 aliphatic heterocycles. The van der Waals surface area contributed by atoms with Crippen molar-refractivity contribution in [2.24, 2.45) is 16.7 Å². The second-order valence-corrected chi connectivity index (χ2v) is 9.40. The summed E-state index contributed by atoms with van der Waals surface area (Å²) >= 11 is 5.56. The Morgan fingerprint density at radius 3 is 2.22 bits per heavy atom. The number of rotatable bonds is 2. The van der Waals surface area contributed by atoms with Gasteiger partial charge in [-0.3, -0.25) is 0 Å². The number of hydrogen-bond donors (Lipinski definition) is 2. The maximum absolute atomic E-state index is 13.0. The van der Waals surface area contributed by atoms with Gasteiger partial charge in [-0.2, -0.15) is 0 Å². The van der Waals surface area contributed by atoms with E-state index < -0.39 is 0 Å². The zero-order valence-electron chi connectivity index (χ0n) is 13.9. The van der Waals surface area contributed by atoms with Crippen molar-refractivity contribution < 1.29 is 4.39 Å². The van der Waals surface area contributed by atoms with Crippen molar-refractivity contribution in [3.05, 3.63) is 30.1 Å². The van der Waals surface area contributed by atoms with Gasteiger partial charge in [-0.25, -0.2) is 4.39 Å². The van der Waals surface area contributed by atoms with Crippen molar-refractivity contribution in [3.8, 4) is 0 Å². The molecule has 0 aromatic heterocycles. The summed E-state index contributed by atoms with van der Waals surface area (Å²) in [4.78, 5) is 0. The van der Waals surface area contributed by atoms with Gasteiger partial charge in [0.25, 0.3) is 0 Å². The number of thiocarbonyl (C=S) groups is 1. The van der Waals surface area contributed by atoms with Crippen LogP contribution in [0.2, 0.25) is 0 Å². The Labute approximate surface area is 143 Å². The fraction of sp³-hybridized carbons (Fsp3) is 0.632. The van der Waals surface area contributed by atoms with Crippen LogP contribution in [0.5, 0.6) is 0 Å². The quantitative estimate of drug-likeness (QED) is 0.756. The molecule has 4 fully saturated rings. The molecule has 4 bridgehead atoms. The summed E-state index contributed by atoms with van der Waals surface area (Å²) in [7, 11) is 0. The van der Waals surface area contributed by atoms with E-state index >= 15 is 0 Å². The highest BCUT2D eigenvalue weighted by Crippen LogP contribution is 2.66. The minimum absolute atomic E-state index is 0.146. The largest absolute Gasteiger partial charge is 0.357 e. The first-order valence-electron chi connectivity index (χ1n) is 8.62. The average molecular weight is 332 g/mol. The summed E-state index contributed by atoms with van der Waals surface area (Å²) in [5.74, 6) is 0.610. The van der Waals surface area contributed by atoms with Gasteiger partial charge in [0.15, 0.2) is 5.11 Å². The van der Waals surface area contributed by atoms with Gasteiger partial charge in [0.1, 0.15) is 5.82 Å². The summed E-state index contributed by atoms with van der Waals surface area (Å²) in [6.07, 6.45) is 7.80. The fourth-order valence-corrected chi connectivity index (χ4v) is 6.86. The predicted octanol–water partition coefficient (Wildman–Crippen LogP) is 4.86. The molecule has 1 aromatic rings. The van der Waals surface area contributed by atoms with Crippen LogP contribution < -0.4 is 10.6 Å². The maximum Gasteiger partial charge on any atom is 0.171 e. The monoisotopic (exact) mass is 332 g/mol. The molecule has 5 rings (SSSR count). The van der Waals surface area contributed by atoms with Gasteiger partial charge in [-0.15, -0.1) is 0 Å². The van der Waals surface area contributed by atoms with Crippen LogP contribution in [0.15, 0.2) is 24.3 Å². The highest BCUT2D eigenvalue weighted by Gasteiger charge is 2.60. The summed E-state index contributed by atoms with van der Waals surface area (Å²) in [6, 6.07) is 6.37. The van der Waals surface area contributed by atoms with Crippen molar-refractivity contribution in [2.45, 2.75) is 57.9 Å². The number of hydrogen-bond acceptors (Lipinski definition) is 1. The van der Waals surface area contributed by atoms with E-state index in [4.69, 9.17) is 12.2 Å². The van der Waals surface area contributed by atoms with Crippen LogP contribution in [0.4, 0.5) is 10.1 Å². The third-order valence-electron chi connectivity index (χ3n) is 6.11. The zero-order valence-corrected chi connectivity index (χ0v) is 14.7. The summed E-state index contributed by atoms with van der Waals surface area (Å²) in [5, 5.41) is 7.56. The Morgan fingerprint density at radius 2 is 1.65 bits per heavy atom. The molecule has 2 N–H and O–H groups in total. The Kier molecular flexibility index (Phi) is 3.29. The van der Waals surface area contributed by atoms with Crippen LogP contribution in [-0.4, -0.2) is 10.7 Å². The van der Waals surface area contributed by atoms with E-state index in [1.54, 1.807) is 12.1 Å². The minimum atomic E-state index is -0.226. The molecule has 4 aliphatic rings. The molecule has 0 heterocycles. The van der Waals surface area contributed by atoms with Crippen molar-refractivity contribution in [1.29, 1.82) is 0 Å². The van der Waals surface area contributed by atoms with Crippen LogP contribution in [0, 0.1) is 22.6 Å². The first-order chi connectivity index (χ1) is 10.8. The van der Waals surface area contributed by atoms with E-state index in [-0.39, 0.29) is 11.4 Å². The van der Waals surface area contributed by atoms with Gasteiger partial charge in [-0.1, -0.05) is 13.8 Å². The van der Waals surface area contributed by atoms with E-state index in [0.29, 0.717) is 15.9 Å². The molecular weight excluding hydrogens is 307 g/mol. The van der Waals surface area contributed by atoms with Crippen molar-refractivity contribution in [1.82, 2.24) is 5.32 Å². The average Bonchev–Trinajstić information content (AvgIpc) is 2.36. The lowest BCUT2D eigenvalue weighted by Gasteiger charge is -2.65. The number of benzene rings is 1. The molecule has 4 saturated carbocycles. The van der Waals surface area contributed by atoms with Gasteiger partial charge in [0.2, 0.25) is 0 Å². The van der Waals surface area contributed by atoms with E-state index in [9.17, 15) is 4.39 Å². The third-order valence-corrected chi connectivity index (χ3v) is 6.31. The highest BCUT2D eigenvalue weighted by molar-refractivity contribution is 7.80. The lowest BCUT2D eigenvalue weighted by atomic mass is 9.43. The van der Waals surface area contributed by atoms with Gasteiger partial charge >= 0.3 is 0 Å². The smallest absolute Gasteiger partial charge is 0.171 e. The van der Waals surface area contributed by atoms with Crippen LogP contribution in [0.1, 0.15) is 52.4 Å². The molecule has 4 aliphatic carbocycles. The summed E-state index contributed by atoms with van der Waals surface area (Å²) < 4.78 is 13.0. The molecule has 1 aromatic carbocycles. The van der Waals surface area contributed by atoms with E-state index in [1.165, 1.54) is 50.7 Å². The molecule has 4 heteroatoms.